The van der Waals surface area contributed by atoms with Gasteiger partial charge in [-0.2, -0.15) is 4.91 Å². The number of nitrogens with zero attached hydrogens (tertiary/aromatic N) is 1. The molecule has 0 aromatic carbocycles. The number of carbonyl (C=O) groups is 1. The van der Waals surface area contributed by atoms with Gasteiger partial charge in [0.1, 0.15) is 5.60 Å². The van der Waals surface area contributed by atoms with E-state index < -0.39 is 0 Å². The minimum atomic E-state index is -0.303. The van der Waals surface area contributed by atoms with Gasteiger partial charge < -0.3 is 4.74 Å². The molecule has 1 spiro atoms. The first kappa shape index (κ1) is 15.5. The van der Waals surface area contributed by atoms with Crippen molar-refractivity contribution in [3.05, 3.63) is 28.2 Å². The summed E-state index contributed by atoms with van der Waals surface area (Å²) in [7, 11) is 0. The standard InChI is InChI=1S/C23H27NO3/c1-22-6-4-13-12-3-2-11(24-26)8-14(12)15-9-16(15)20(13)21(22)17-10-18(17)23(22)7-5-19(25)27-23/h5,7,11,13,15-18,20-21H,2-4,6,8-10H2,1H3/t11?,13?,15?,16?,17?,18?,20?,21?,22-,23-/m0/s1. The van der Waals surface area contributed by atoms with E-state index in [0.717, 1.165) is 48.9 Å². The molecule has 27 heavy (non-hydrogen) atoms. The van der Waals surface area contributed by atoms with E-state index in [0.29, 0.717) is 11.8 Å². The SMILES string of the molecule is C[C@]12CCC3C4=C(CC(N=O)CC4)C4CC4C3C1C1CC1[C@@]21C=CC(=O)O1. The predicted octanol–water partition coefficient (Wildman–Crippen LogP) is 4.40. The van der Waals surface area contributed by atoms with Crippen LogP contribution in [0.4, 0.5) is 0 Å². The molecule has 4 nitrogen and oxygen atoms in total. The molecule has 0 amide bonds. The van der Waals surface area contributed by atoms with Gasteiger partial charge in [0.2, 0.25) is 0 Å². The maximum atomic E-state index is 12.0. The first-order valence-corrected chi connectivity index (χ1v) is 11.0. The Morgan fingerprint density at radius 2 is 2.04 bits per heavy atom. The van der Waals surface area contributed by atoms with Gasteiger partial charge in [0.25, 0.3) is 0 Å². The van der Waals surface area contributed by atoms with E-state index in [-0.39, 0.29) is 23.0 Å². The smallest absolute Gasteiger partial charge is 0.331 e. The average molecular weight is 365 g/mol. The third-order valence-electron chi connectivity index (χ3n) is 10.1. The molecule has 0 saturated heterocycles. The van der Waals surface area contributed by atoms with E-state index >= 15 is 0 Å². The lowest BCUT2D eigenvalue weighted by atomic mass is 9.50. The molecular formula is C23H27NO3. The lowest BCUT2D eigenvalue weighted by Crippen LogP contribution is -2.54. The summed E-state index contributed by atoms with van der Waals surface area (Å²) in [6, 6.07) is 0.0287. The lowest BCUT2D eigenvalue weighted by molar-refractivity contribution is -0.166. The predicted molar refractivity (Wildman–Crippen MR) is 99.4 cm³/mol. The summed E-state index contributed by atoms with van der Waals surface area (Å²) in [6.07, 6.45) is 11.9. The molecule has 4 fully saturated rings. The zero-order valence-corrected chi connectivity index (χ0v) is 15.9. The summed E-state index contributed by atoms with van der Waals surface area (Å²) in [5.41, 5.74) is 3.20. The zero-order chi connectivity index (χ0) is 18.1. The summed E-state index contributed by atoms with van der Waals surface area (Å²) in [4.78, 5) is 23.2. The summed E-state index contributed by atoms with van der Waals surface area (Å²) < 4.78 is 6.09. The molecule has 4 heteroatoms. The van der Waals surface area contributed by atoms with Crippen LogP contribution in [0.3, 0.4) is 0 Å². The molecule has 0 aromatic heterocycles. The van der Waals surface area contributed by atoms with Gasteiger partial charge in [-0.25, -0.2) is 4.79 Å². The molecule has 142 valence electrons. The second kappa shape index (κ2) is 4.58. The summed E-state index contributed by atoms with van der Waals surface area (Å²) in [5, 5.41) is 3.39. The first-order chi connectivity index (χ1) is 13.1. The van der Waals surface area contributed by atoms with Crippen molar-refractivity contribution in [2.75, 3.05) is 0 Å². The van der Waals surface area contributed by atoms with E-state index in [1.54, 1.807) is 17.2 Å². The second-order valence-corrected chi connectivity index (χ2v) is 10.8. The number of esters is 1. The summed E-state index contributed by atoms with van der Waals surface area (Å²) in [6.45, 7) is 2.44. The zero-order valence-electron chi connectivity index (χ0n) is 15.9. The van der Waals surface area contributed by atoms with Crippen LogP contribution in [0.2, 0.25) is 0 Å². The Balaban J connectivity index is 1.30. The van der Waals surface area contributed by atoms with E-state index in [4.69, 9.17) is 4.74 Å². The Bertz CT molecular complexity index is 845. The highest BCUT2D eigenvalue weighted by Gasteiger charge is 2.79. The van der Waals surface area contributed by atoms with Crippen molar-refractivity contribution >= 4 is 5.97 Å². The number of allylic oxidation sites excluding steroid dienone is 1. The molecule has 10 atom stereocenters. The van der Waals surface area contributed by atoms with Crippen molar-refractivity contribution in [2.24, 2.45) is 52.0 Å². The van der Waals surface area contributed by atoms with Crippen LogP contribution >= 0.6 is 0 Å². The number of hydrogen-bond acceptors (Lipinski definition) is 4. The van der Waals surface area contributed by atoms with E-state index in [9.17, 15) is 9.70 Å². The first-order valence-electron chi connectivity index (χ1n) is 11.0. The average Bonchev–Trinajstić information content (AvgIpc) is 3.58. The maximum Gasteiger partial charge on any atom is 0.331 e. The van der Waals surface area contributed by atoms with E-state index in [1.807, 2.05) is 0 Å². The number of nitroso groups, excluding NO2 is 1. The van der Waals surface area contributed by atoms with Crippen LogP contribution in [-0.4, -0.2) is 17.6 Å². The normalized spacial score (nSPS) is 58.8. The van der Waals surface area contributed by atoms with Gasteiger partial charge in [0, 0.05) is 17.4 Å². The molecule has 4 saturated carbocycles. The van der Waals surface area contributed by atoms with Crippen LogP contribution in [0.25, 0.3) is 0 Å². The summed E-state index contributed by atoms with van der Waals surface area (Å²) in [5.74, 6) is 4.99. The Morgan fingerprint density at radius 3 is 2.81 bits per heavy atom. The van der Waals surface area contributed by atoms with Crippen LogP contribution in [0.15, 0.2) is 28.5 Å². The monoisotopic (exact) mass is 365 g/mol. The molecule has 0 radical (unpaired) electrons. The Hall–Kier alpha value is -1.45. The molecule has 8 unspecified atom stereocenters. The molecule has 1 aliphatic heterocycles. The number of fused-ring (bicyclic) bond motifs is 11. The molecule has 0 bridgehead atoms. The van der Waals surface area contributed by atoms with Crippen molar-refractivity contribution < 1.29 is 9.53 Å². The third-order valence-corrected chi connectivity index (χ3v) is 10.1. The van der Waals surface area contributed by atoms with Crippen molar-refractivity contribution in [1.82, 2.24) is 0 Å². The van der Waals surface area contributed by atoms with Crippen molar-refractivity contribution in [3.63, 3.8) is 0 Å². The molecule has 6 aliphatic carbocycles. The van der Waals surface area contributed by atoms with Gasteiger partial charge in [0.05, 0.1) is 6.04 Å². The van der Waals surface area contributed by atoms with Gasteiger partial charge in [0.15, 0.2) is 0 Å². The fourth-order valence-electron chi connectivity index (χ4n) is 9.05. The highest BCUT2D eigenvalue weighted by Crippen LogP contribution is 2.80. The van der Waals surface area contributed by atoms with E-state index in [2.05, 4.69) is 18.2 Å². The highest BCUT2D eigenvalue weighted by atomic mass is 16.6. The van der Waals surface area contributed by atoms with Crippen molar-refractivity contribution in [3.8, 4) is 0 Å². The van der Waals surface area contributed by atoms with Gasteiger partial charge in [-0.15, -0.1) is 0 Å². The minimum absolute atomic E-state index is 0.0287. The second-order valence-electron chi connectivity index (χ2n) is 10.8. The number of carbonyl (C=O) groups excluding carboxylic acids is 1. The van der Waals surface area contributed by atoms with Gasteiger partial charge in [-0.1, -0.05) is 23.2 Å². The molecule has 0 aromatic rings. The Labute approximate surface area is 159 Å². The minimum Gasteiger partial charge on any atom is -0.451 e. The number of rotatable bonds is 1. The van der Waals surface area contributed by atoms with Crippen LogP contribution < -0.4 is 0 Å². The molecule has 0 N–H and O–H groups in total. The van der Waals surface area contributed by atoms with Crippen LogP contribution in [0.1, 0.15) is 51.9 Å². The maximum absolute atomic E-state index is 12.0. The summed E-state index contributed by atoms with van der Waals surface area (Å²) >= 11 is 0. The third kappa shape index (κ3) is 1.63. The quantitative estimate of drug-likeness (QED) is 0.393. The highest BCUT2D eigenvalue weighted by molar-refractivity contribution is 5.85. The topological polar surface area (TPSA) is 55.7 Å². The van der Waals surface area contributed by atoms with Crippen molar-refractivity contribution in [2.45, 2.75) is 63.5 Å². The van der Waals surface area contributed by atoms with Crippen molar-refractivity contribution in [1.29, 1.82) is 0 Å². The van der Waals surface area contributed by atoms with Gasteiger partial charge in [-0.05, 0) is 86.5 Å². The van der Waals surface area contributed by atoms with E-state index in [1.165, 1.54) is 25.7 Å². The lowest BCUT2D eigenvalue weighted by Gasteiger charge is -2.55. The molecule has 1 heterocycles. The van der Waals surface area contributed by atoms with Gasteiger partial charge in [-0.3, -0.25) is 0 Å². The van der Waals surface area contributed by atoms with Crippen LogP contribution in [0.5, 0.6) is 0 Å². The van der Waals surface area contributed by atoms with Crippen LogP contribution in [0, 0.1) is 51.7 Å². The molecular weight excluding hydrogens is 338 g/mol. The fourth-order valence-corrected chi connectivity index (χ4v) is 9.05. The van der Waals surface area contributed by atoms with Crippen LogP contribution in [-0.2, 0) is 9.53 Å². The fraction of sp³-hybridized carbons (Fsp3) is 0.783. The molecule has 7 rings (SSSR count). The number of ether oxygens (including phenoxy) is 1. The largest absolute Gasteiger partial charge is 0.451 e. The Kier molecular flexibility index (Phi) is 2.62. The Morgan fingerprint density at radius 1 is 1.15 bits per heavy atom. The molecule has 7 aliphatic rings. The number of hydrogen-bond donors (Lipinski definition) is 0. The van der Waals surface area contributed by atoms with Gasteiger partial charge >= 0.3 is 5.97 Å².